The molecule has 1 heterocycles. The Hall–Kier alpha value is -0.390. The molecule has 0 bridgehead atoms. The molecule has 1 aromatic rings. The van der Waals surface area contributed by atoms with E-state index in [-0.39, 0.29) is 0 Å². The summed E-state index contributed by atoms with van der Waals surface area (Å²) in [5.41, 5.74) is -0.656. The van der Waals surface area contributed by atoms with Gasteiger partial charge in [0.05, 0.1) is 0 Å². The van der Waals surface area contributed by atoms with E-state index in [1.165, 1.54) is 0 Å². The van der Waals surface area contributed by atoms with Crippen molar-refractivity contribution >= 4 is 33.2 Å². The normalized spacial score (nSPS) is 18.5. The van der Waals surface area contributed by atoms with Gasteiger partial charge in [-0.25, -0.2) is 0 Å². The van der Waals surface area contributed by atoms with Crippen LogP contribution in [0.25, 0.3) is 0 Å². The molecule has 1 aliphatic carbocycles. The number of rotatable bonds is 4. The fourth-order valence-corrected chi connectivity index (χ4v) is 3.09. The van der Waals surface area contributed by atoms with Crippen molar-refractivity contribution < 1.29 is 9.90 Å². The van der Waals surface area contributed by atoms with Crippen molar-refractivity contribution in [1.82, 2.24) is 5.32 Å². The minimum absolute atomic E-state index is 0.641. The van der Waals surface area contributed by atoms with Crippen LogP contribution in [-0.4, -0.2) is 16.6 Å². The summed E-state index contributed by atoms with van der Waals surface area (Å²) in [5.74, 6) is -0.718. The van der Waals surface area contributed by atoms with Crippen molar-refractivity contribution in [2.45, 2.75) is 31.3 Å². The van der Waals surface area contributed by atoms with E-state index >= 15 is 0 Å². The topological polar surface area (TPSA) is 49.3 Å². The van der Waals surface area contributed by atoms with E-state index in [1.807, 2.05) is 11.4 Å². The summed E-state index contributed by atoms with van der Waals surface area (Å²) >= 11 is 5.01. The van der Waals surface area contributed by atoms with E-state index in [0.29, 0.717) is 6.54 Å². The van der Waals surface area contributed by atoms with Gasteiger partial charge in [-0.3, -0.25) is 10.1 Å². The molecule has 0 amide bonds. The Kier molecular flexibility index (Phi) is 3.13. The molecule has 2 N–H and O–H groups in total. The summed E-state index contributed by atoms with van der Waals surface area (Å²) < 4.78 is 1.06. The molecule has 3 nitrogen and oxygen atoms in total. The SMILES string of the molecule is O=C(O)C1(NCc2cc(Br)cs2)CCC1. The van der Waals surface area contributed by atoms with E-state index in [4.69, 9.17) is 5.11 Å². The van der Waals surface area contributed by atoms with Crippen LogP contribution in [0.5, 0.6) is 0 Å². The highest BCUT2D eigenvalue weighted by Crippen LogP contribution is 2.32. The van der Waals surface area contributed by atoms with E-state index in [2.05, 4.69) is 21.2 Å². The Balaban J connectivity index is 1.95. The third-order valence-electron chi connectivity index (χ3n) is 2.84. The number of hydrogen-bond donors (Lipinski definition) is 2. The fourth-order valence-electron chi connectivity index (χ4n) is 1.70. The number of thiophene rings is 1. The fraction of sp³-hybridized carbons (Fsp3) is 0.500. The van der Waals surface area contributed by atoms with Crippen LogP contribution in [0.1, 0.15) is 24.1 Å². The second-order valence-electron chi connectivity index (χ2n) is 3.83. The zero-order valence-electron chi connectivity index (χ0n) is 8.12. The molecule has 15 heavy (non-hydrogen) atoms. The molecule has 0 aliphatic heterocycles. The molecule has 0 radical (unpaired) electrons. The highest BCUT2D eigenvalue weighted by Gasteiger charge is 2.43. The molecule has 1 saturated carbocycles. The molecule has 82 valence electrons. The van der Waals surface area contributed by atoms with Gasteiger partial charge in [0.25, 0.3) is 0 Å². The number of hydrogen-bond acceptors (Lipinski definition) is 3. The van der Waals surface area contributed by atoms with Gasteiger partial charge >= 0.3 is 5.97 Å². The van der Waals surface area contributed by atoms with E-state index < -0.39 is 11.5 Å². The highest BCUT2D eigenvalue weighted by molar-refractivity contribution is 9.10. The minimum Gasteiger partial charge on any atom is -0.480 e. The number of nitrogens with one attached hydrogen (secondary N) is 1. The second kappa shape index (κ2) is 4.23. The first-order valence-electron chi connectivity index (χ1n) is 4.84. The minimum atomic E-state index is -0.718. The molecule has 1 fully saturated rings. The highest BCUT2D eigenvalue weighted by atomic mass is 79.9. The standard InChI is InChI=1S/C10H12BrNO2S/c11-7-4-8(15-6-7)5-12-10(9(13)14)2-1-3-10/h4,6,12H,1-3,5H2,(H,13,14). The van der Waals surface area contributed by atoms with Gasteiger partial charge < -0.3 is 5.11 Å². The average Bonchev–Trinajstić information content (AvgIpc) is 2.49. The number of carboxylic acid groups (broad SMARTS) is 1. The van der Waals surface area contributed by atoms with Gasteiger partial charge in [-0.05, 0) is 41.3 Å². The lowest BCUT2D eigenvalue weighted by Crippen LogP contribution is -2.56. The summed E-state index contributed by atoms with van der Waals surface area (Å²) in [7, 11) is 0. The van der Waals surface area contributed by atoms with Gasteiger partial charge in [0, 0.05) is 21.3 Å². The summed E-state index contributed by atoms with van der Waals surface area (Å²) in [6, 6.07) is 2.02. The predicted octanol–water partition coefficient (Wildman–Crippen LogP) is 2.61. The van der Waals surface area contributed by atoms with Crippen LogP contribution in [0.15, 0.2) is 15.9 Å². The number of carbonyl (C=O) groups is 1. The van der Waals surface area contributed by atoms with Crippen molar-refractivity contribution in [2.75, 3.05) is 0 Å². The van der Waals surface area contributed by atoms with Crippen LogP contribution in [-0.2, 0) is 11.3 Å². The number of aliphatic carboxylic acids is 1. The summed E-state index contributed by atoms with van der Waals surface area (Å²) in [4.78, 5) is 12.2. The Morgan fingerprint density at radius 3 is 2.80 bits per heavy atom. The maximum Gasteiger partial charge on any atom is 0.323 e. The average molecular weight is 290 g/mol. The summed E-state index contributed by atoms with van der Waals surface area (Å²) in [6.07, 6.45) is 2.50. The predicted molar refractivity (Wildman–Crippen MR) is 63.1 cm³/mol. The Labute approximate surface area is 101 Å². The third kappa shape index (κ3) is 2.24. The quantitative estimate of drug-likeness (QED) is 0.896. The van der Waals surface area contributed by atoms with Crippen molar-refractivity contribution in [2.24, 2.45) is 0 Å². The molecule has 5 heteroatoms. The molecule has 2 rings (SSSR count). The Bertz CT molecular complexity index is 373. The van der Waals surface area contributed by atoms with Gasteiger partial charge in [0.15, 0.2) is 0 Å². The second-order valence-corrected chi connectivity index (χ2v) is 5.74. The van der Waals surface area contributed by atoms with Crippen molar-refractivity contribution in [3.63, 3.8) is 0 Å². The summed E-state index contributed by atoms with van der Waals surface area (Å²) in [6.45, 7) is 0.641. The first-order chi connectivity index (χ1) is 7.12. The maximum absolute atomic E-state index is 11.1. The van der Waals surface area contributed by atoms with E-state index in [9.17, 15) is 4.79 Å². The molecule has 0 unspecified atom stereocenters. The smallest absolute Gasteiger partial charge is 0.323 e. The maximum atomic E-state index is 11.1. The van der Waals surface area contributed by atoms with E-state index in [1.54, 1.807) is 11.3 Å². The van der Waals surface area contributed by atoms with Crippen molar-refractivity contribution in [3.8, 4) is 0 Å². The molecule has 0 atom stereocenters. The summed E-state index contributed by atoms with van der Waals surface area (Å²) in [5, 5.41) is 14.3. The van der Waals surface area contributed by atoms with Crippen LogP contribution in [0.4, 0.5) is 0 Å². The first kappa shape index (κ1) is 11.1. The molecule has 0 spiro atoms. The van der Waals surface area contributed by atoms with Crippen LogP contribution >= 0.6 is 27.3 Å². The molecular formula is C10H12BrNO2S. The van der Waals surface area contributed by atoms with Gasteiger partial charge in [-0.2, -0.15) is 0 Å². The molecule has 0 aromatic carbocycles. The van der Waals surface area contributed by atoms with Crippen LogP contribution < -0.4 is 5.32 Å². The lowest BCUT2D eigenvalue weighted by atomic mass is 9.77. The van der Waals surface area contributed by atoms with Gasteiger partial charge in [0.1, 0.15) is 5.54 Å². The molecule has 1 aromatic heterocycles. The largest absolute Gasteiger partial charge is 0.480 e. The lowest BCUT2D eigenvalue weighted by Gasteiger charge is -2.38. The first-order valence-corrected chi connectivity index (χ1v) is 6.51. The third-order valence-corrected chi connectivity index (χ3v) is 4.54. The zero-order chi connectivity index (χ0) is 10.9. The number of carboxylic acids is 1. The molecule has 0 saturated heterocycles. The monoisotopic (exact) mass is 289 g/mol. The molecular weight excluding hydrogens is 278 g/mol. The van der Waals surface area contributed by atoms with Crippen LogP contribution in [0.2, 0.25) is 0 Å². The molecule has 1 aliphatic rings. The van der Waals surface area contributed by atoms with Crippen LogP contribution in [0, 0.1) is 0 Å². The van der Waals surface area contributed by atoms with Crippen molar-refractivity contribution in [3.05, 3.63) is 20.8 Å². The van der Waals surface area contributed by atoms with Gasteiger partial charge in [0.2, 0.25) is 0 Å². The van der Waals surface area contributed by atoms with Crippen molar-refractivity contribution in [1.29, 1.82) is 0 Å². The Morgan fingerprint density at radius 1 is 1.67 bits per heavy atom. The van der Waals surface area contributed by atoms with E-state index in [0.717, 1.165) is 28.6 Å². The van der Waals surface area contributed by atoms with Gasteiger partial charge in [-0.15, -0.1) is 11.3 Å². The zero-order valence-corrected chi connectivity index (χ0v) is 10.5. The number of halogens is 1. The van der Waals surface area contributed by atoms with Gasteiger partial charge in [-0.1, -0.05) is 0 Å². The van der Waals surface area contributed by atoms with Crippen LogP contribution in [0.3, 0.4) is 0 Å². The lowest BCUT2D eigenvalue weighted by molar-refractivity contribution is -0.148. The Morgan fingerprint density at radius 2 is 2.40 bits per heavy atom.